The molecule has 0 saturated heterocycles. The summed E-state index contributed by atoms with van der Waals surface area (Å²) in [7, 11) is -1.37. The molecule has 0 aliphatic rings. The molecule has 108 valence electrons. The molecule has 1 heterocycles. The van der Waals surface area contributed by atoms with E-state index in [1.165, 1.54) is 0 Å². The SMILES string of the molecule is C[C@H](Nc1cnn(C)c1)c1ccc(NS(C)(=O)=O)cc1. The van der Waals surface area contributed by atoms with Crippen LogP contribution >= 0.6 is 0 Å². The first kappa shape index (κ1) is 14.4. The van der Waals surface area contributed by atoms with Gasteiger partial charge in [-0.2, -0.15) is 5.10 Å². The molecule has 0 amide bonds. The lowest BCUT2D eigenvalue weighted by Gasteiger charge is -2.14. The highest BCUT2D eigenvalue weighted by Crippen LogP contribution is 2.20. The molecule has 0 spiro atoms. The van der Waals surface area contributed by atoms with Crippen LogP contribution in [0.1, 0.15) is 18.5 Å². The maximum atomic E-state index is 11.1. The predicted octanol–water partition coefficient (Wildman–Crippen LogP) is 1.96. The number of sulfonamides is 1. The summed E-state index contributed by atoms with van der Waals surface area (Å²) in [6, 6.07) is 7.38. The summed E-state index contributed by atoms with van der Waals surface area (Å²) in [6.07, 6.45) is 4.79. The van der Waals surface area contributed by atoms with Crippen molar-refractivity contribution in [1.29, 1.82) is 0 Å². The van der Waals surface area contributed by atoms with Gasteiger partial charge in [0.05, 0.1) is 18.1 Å². The molecule has 0 fully saturated rings. The third-order valence-corrected chi connectivity index (χ3v) is 3.41. The first-order valence-corrected chi connectivity index (χ1v) is 8.05. The summed E-state index contributed by atoms with van der Waals surface area (Å²) in [5.41, 5.74) is 2.57. The summed E-state index contributed by atoms with van der Waals surface area (Å²) in [6.45, 7) is 2.03. The van der Waals surface area contributed by atoms with Gasteiger partial charge in [0.25, 0.3) is 0 Å². The second kappa shape index (κ2) is 5.54. The standard InChI is InChI=1S/C13H18N4O2S/c1-10(15-13-8-14-17(2)9-13)11-4-6-12(7-5-11)16-20(3,18)19/h4-10,15-16H,1-3H3/t10-/m0/s1. The first-order chi connectivity index (χ1) is 9.33. The number of hydrogen-bond acceptors (Lipinski definition) is 4. The number of nitrogens with one attached hydrogen (secondary N) is 2. The fourth-order valence-electron chi connectivity index (χ4n) is 1.88. The Balaban J connectivity index is 2.05. The Morgan fingerprint density at radius 1 is 1.20 bits per heavy atom. The van der Waals surface area contributed by atoms with Gasteiger partial charge in [0.2, 0.25) is 10.0 Å². The van der Waals surface area contributed by atoms with Gasteiger partial charge in [-0.3, -0.25) is 9.40 Å². The Hall–Kier alpha value is -2.02. The largest absolute Gasteiger partial charge is 0.376 e. The van der Waals surface area contributed by atoms with Crippen molar-refractivity contribution in [1.82, 2.24) is 9.78 Å². The van der Waals surface area contributed by atoms with E-state index in [0.717, 1.165) is 17.5 Å². The summed E-state index contributed by atoms with van der Waals surface area (Å²) < 4.78 is 26.4. The lowest BCUT2D eigenvalue weighted by atomic mass is 10.1. The average molecular weight is 294 g/mol. The minimum absolute atomic E-state index is 0.103. The molecule has 0 bridgehead atoms. The zero-order valence-electron chi connectivity index (χ0n) is 11.7. The molecule has 2 N–H and O–H groups in total. The maximum Gasteiger partial charge on any atom is 0.229 e. The molecule has 1 aromatic heterocycles. The molecule has 6 nitrogen and oxygen atoms in total. The van der Waals surface area contributed by atoms with E-state index in [-0.39, 0.29) is 6.04 Å². The van der Waals surface area contributed by atoms with E-state index in [0.29, 0.717) is 5.69 Å². The fourth-order valence-corrected chi connectivity index (χ4v) is 2.45. The monoisotopic (exact) mass is 294 g/mol. The predicted molar refractivity (Wildman–Crippen MR) is 80.2 cm³/mol. The van der Waals surface area contributed by atoms with E-state index >= 15 is 0 Å². The molecule has 0 aliphatic carbocycles. The van der Waals surface area contributed by atoms with Crippen molar-refractivity contribution >= 4 is 21.4 Å². The Bertz CT molecular complexity index is 677. The van der Waals surface area contributed by atoms with Gasteiger partial charge in [0, 0.05) is 25.0 Å². The van der Waals surface area contributed by atoms with Crippen LogP contribution in [0.25, 0.3) is 0 Å². The topological polar surface area (TPSA) is 76.0 Å². The van der Waals surface area contributed by atoms with Crippen LogP contribution in [0, 0.1) is 0 Å². The molecule has 7 heteroatoms. The van der Waals surface area contributed by atoms with Crippen LogP contribution in [-0.2, 0) is 17.1 Å². The third-order valence-electron chi connectivity index (χ3n) is 2.80. The van der Waals surface area contributed by atoms with E-state index in [1.54, 1.807) is 23.0 Å². The Kier molecular flexibility index (Phi) is 3.99. The normalized spacial score (nSPS) is 12.9. The van der Waals surface area contributed by atoms with Gasteiger partial charge in [-0.05, 0) is 24.6 Å². The lowest BCUT2D eigenvalue weighted by Crippen LogP contribution is -2.10. The molecule has 0 radical (unpaired) electrons. The van der Waals surface area contributed by atoms with Crippen LogP contribution in [0.15, 0.2) is 36.7 Å². The van der Waals surface area contributed by atoms with Crippen molar-refractivity contribution in [2.45, 2.75) is 13.0 Å². The van der Waals surface area contributed by atoms with E-state index in [4.69, 9.17) is 0 Å². The van der Waals surface area contributed by atoms with E-state index < -0.39 is 10.0 Å². The molecule has 0 unspecified atom stereocenters. The van der Waals surface area contributed by atoms with Gasteiger partial charge in [0.1, 0.15) is 0 Å². The minimum Gasteiger partial charge on any atom is -0.376 e. The van der Waals surface area contributed by atoms with Gasteiger partial charge in [-0.1, -0.05) is 12.1 Å². The quantitative estimate of drug-likeness (QED) is 0.884. The van der Waals surface area contributed by atoms with Crippen LogP contribution in [0.2, 0.25) is 0 Å². The van der Waals surface area contributed by atoms with E-state index in [1.807, 2.05) is 32.3 Å². The Labute approximate surface area is 118 Å². The number of aryl methyl sites for hydroxylation is 1. The second-order valence-corrected chi connectivity index (χ2v) is 6.51. The minimum atomic E-state index is -3.23. The third kappa shape index (κ3) is 3.99. The van der Waals surface area contributed by atoms with Crippen molar-refractivity contribution in [3.63, 3.8) is 0 Å². The smallest absolute Gasteiger partial charge is 0.229 e. The number of rotatable bonds is 5. The van der Waals surface area contributed by atoms with Crippen LogP contribution in [0.4, 0.5) is 11.4 Å². The average Bonchev–Trinajstić information content (AvgIpc) is 2.73. The van der Waals surface area contributed by atoms with Gasteiger partial charge in [-0.25, -0.2) is 8.42 Å². The number of anilines is 2. The molecule has 2 aromatic rings. The Morgan fingerprint density at radius 3 is 2.35 bits per heavy atom. The van der Waals surface area contributed by atoms with E-state index in [9.17, 15) is 8.42 Å². The highest BCUT2D eigenvalue weighted by molar-refractivity contribution is 7.92. The van der Waals surface area contributed by atoms with E-state index in [2.05, 4.69) is 15.1 Å². The zero-order valence-corrected chi connectivity index (χ0v) is 12.5. The lowest BCUT2D eigenvalue weighted by molar-refractivity contribution is 0.607. The zero-order chi connectivity index (χ0) is 14.8. The molecule has 1 aromatic carbocycles. The molecule has 0 aliphatic heterocycles. The number of hydrogen-bond donors (Lipinski definition) is 2. The van der Waals surface area contributed by atoms with Crippen LogP contribution < -0.4 is 10.0 Å². The Morgan fingerprint density at radius 2 is 1.85 bits per heavy atom. The van der Waals surface area contributed by atoms with Crippen molar-refractivity contribution < 1.29 is 8.42 Å². The van der Waals surface area contributed by atoms with Gasteiger partial charge < -0.3 is 5.32 Å². The van der Waals surface area contributed by atoms with Crippen molar-refractivity contribution in [3.8, 4) is 0 Å². The summed E-state index contributed by atoms with van der Waals surface area (Å²) in [4.78, 5) is 0. The van der Waals surface area contributed by atoms with Gasteiger partial charge in [-0.15, -0.1) is 0 Å². The molecule has 1 atom stereocenters. The molecule has 0 saturated carbocycles. The summed E-state index contributed by atoms with van der Waals surface area (Å²) >= 11 is 0. The summed E-state index contributed by atoms with van der Waals surface area (Å²) in [5.74, 6) is 0. The van der Waals surface area contributed by atoms with Crippen molar-refractivity contribution in [3.05, 3.63) is 42.2 Å². The molecular formula is C13H18N4O2S. The highest BCUT2D eigenvalue weighted by atomic mass is 32.2. The van der Waals surface area contributed by atoms with Crippen LogP contribution in [-0.4, -0.2) is 24.5 Å². The maximum absolute atomic E-state index is 11.1. The first-order valence-electron chi connectivity index (χ1n) is 6.16. The number of nitrogens with zero attached hydrogens (tertiary/aromatic N) is 2. The second-order valence-electron chi connectivity index (χ2n) is 4.76. The fraction of sp³-hybridized carbons (Fsp3) is 0.308. The highest BCUT2D eigenvalue weighted by Gasteiger charge is 2.07. The van der Waals surface area contributed by atoms with Crippen LogP contribution in [0.3, 0.4) is 0 Å². The summed E-state index contributed by atoms with van der Waals surface area (Å²) in [5, 5.41) is 7.42. The van der Waals surface area contributed by atoms with Gasteiger partial charge in [0.15, 0.2) is 0 Å². The van der Waals surface area contributed by atoms with Crippen molar-refractivity contribution in [2.24, 2.45) is 7.05 Å². The molecule has 2 rings (SSSR count). The molecular weight excluding hydrogens is 276 g/mol. The van der Waals surface area contributed by atoms with Crippen molar-refractivity contribution in [2.75, 3.05) is 16.3 Å². The number of aromatic nitrogens is 2. The number of benzene rings is 1. The van der Waals surface area contributed by atoms with Crippen LogP contribution in [0.5, 0.6) is 0 Å². The molecule has 20 heavy (non-hydrogen) atoms. The van der Waals surface area contributed by atoms with Gasteiger partial charge >= 0.3 is 0 Å².